The number of nitriles is 1. The highest BCUT2D eigenvalue weighted by Gasteiger charge is 2.41. The van der Waals surface area contributed by atoms with Crippen molar-refractivity contribution in [2.24, 2.45) is 5.73 Å². The first-order valence-corrected chi connectivity index (χ1v) is 9.73. The Morgan fingerprint density at radius 3 is 2.58 bits per heavy atom. The Bertz CT molecular complexity index is 1180. The molecular formula is C23H19FN4O3. The Morgan fingerprint density at radius 1 is 1.19 bits per heavy atom. The normalized spacial score (nSPS) is 18.5. The van der Waals surface area contributed by atoms with Crippen LogP contribution in [0.1, 0.15) is 41.1 Å². The molecule has 0 saturated carbocycles. The molecule has 1 aliphatic heterocycles. The van der Waals surface area contributed by atoms with Crippen LogP contribution in [-0.2, 0) is 4.79 Å². The van der Waals surface area contributed by atoms with Crippen LogP contribution in [0.3, 0.4) is 0 Å². The van der Waals surface area contributed by atoms with Crippen LogP contribution < -0.4 is 11.2 Å². The number of rotatable bonds is 3. The second kappa shape index (κ2) is 7.95. The van der Waals surface area contributed by atoms with E-state index in [1.165, 1.54) is 47.5 Å². The molecule has 4 N–H and O–H groups in total. The van der Waals surface area contributed by atoms with E-state index < -0.39 is 17.6 Å². The molecule has 2 aliphatic rings. The number of aromatic hydroxyl groups is 1. The third-order valence-corrected chi connectivity index (χ3v) is 5.47. The zero-order valence-electron chi connectivity index (χ0n) is 16.4. The van der Waals surface area contributed by atoms with Crippen molar-refractivity contribution in [3.63, 3.8) is 0 Å². The summed E-state index contributed by atoms with van der Waals surface area (Å²) in [7, 11) is 0. The summed E-state index contributed by atoms with van der Waals surface area (Å²) in [4.78, 5) is 25.7. The lowest BCUT2D eigenvalue weighted by atomic mass is 9.76. The predicted octanol–water partition coefficient (Wildman–Crippen LogP) is 2.98. The van der Waals surface area contributed by atoms with Crippen molar-refractivity contribution < 1.29 is 19.1 Å². The fraction of sp³-hybridized carbons (Fsp3) is 0.174. The summed E-state index contributed by atoms with van der Waals surface area (Å²) < 4.78 is 14.6. The highest BCUT2D eigenvalue weighted by molar-refractivity contribution is 6.00. The van der Waals surface area contributed by atoms with Crippen molar-refractivity contribution in [2.75, 3.05) is 0 Å². The van der Waals surface area contributed by atoms with Crippen molar-refractivity contribution >= 4 is 11.7 Å². The number of nitrogens with one attached hydrogen (secondary N) is 1. The summed E-state index contributed by atoms with van der Waals surface area (Å²) in [5.74, 6) is -2.27. The monoisotopic (exact) mass is 418 g/mol. The van der Waals surface area contributed by atoms with Gasteiger partial charge < -0.3 is 10.8 Å². The van der Waals surface area contributed by atoms with E-state index in [0.29, 0.717) is 18.5 Å². The van der Waals surface area contributed by atoms with Gasteiger partial charge in [-0.05, 0) is 43.2 Å². The Morgan fingerprint density at radius 2 is 1.90 bits per heavy atom. The molecule has 8 heteroatoms. The van der Waals surface area contributed by atoms with E-state index in [1.54, 1.807) is 6.07 Å². The third-order valence-electron chi connectivity index (χ3n) is 5.47. The lowest BCUT2D eigenvalue weighted by Gasteiger charge is -2.39. The van der Waals surface area contributed by atoms with Crippen molar-refractivity contribution in [3.05, 3.63) is 88.1 Å². The minimum absolute atomic E-state index is 0.00916. The molecule has 1 amide bonds. The number of hydrazine groups is 1. The van der Waals surface area contributed by atoms with E-state index in [2.05, 4.69) is 5.43 Å². The third kappa shape index (κ3) is 3.51. The van der Waals surface area contributed by atoms with Gasteiger partial charge in [0.1, 0.15) is 17.4 Å². The van der Waals surface area contributed by atoms with Crippen LogP contribution in [0.4, 0.5) is 4.39 Å². The minimum Gasteiger partial charge on any atom is -0.508 e. The second-order valence-corrected chi connectivity index (χ2v) is 7.33. The summed E-state index contributed by atoms with van der Waals surface area (Å²) in [6, 6.07) is 13.6. The number of hydrogen-bond acceptors (Lipinski definition) is 6. The number of benzene rings is 2. The van der Waals surface area contributed by atoms with Gasteiger partial charge >= 0.3 is 0 Å². The van der Waals surface area contributed by atoms with Crippen LogP contribution in [0.15, 0.2) is 71.2 Å². The number of hydrogen-bond donors (Lipinski definition) is 3. The van der Waals surface area contributed by atoms with Crippen molar-refractivity contribution in [3.8, 4) is 11.8 Å². The summed E-state index contributed by atoms with van der Waals surface area (Å²) >= 11 is 0. The fourth-order valence-corrected chi connectivity index (χ4v) is 4.01. The molecule has 7 nitrogen and oxygen atoms in total. The second-order valence-electron chi connectivity index (χ2n) is 7.33. The van der Waals surface area contributed by atoms with Gasteiger partial charge in [0.05, 0.1) is 17.6 Å². The molecule has 156 valence electrons. The smallest absolute Gasteiger partial charge is 0.270 e. The standard InChI is InChI=1S/C23H19FN4O3/c24-17-5-2-1-4-15(17)20-16(12-25)22(26)28(18-6-3-7-19(30)21(18)20)27-23(31)13-8-10-14(29)11-9-13/h1-2,4-5,8-11,20,29H,3,6-7,26H2,(H,27,31). The average Bonchev–Trinajstić information content (AvgIpc) is 2.76. The highest BCUT2D eigenvalue weighted by atomic mass is 19.1. The molecule has 0 saturated heterocycles. The molecule has 1 atom stereocenters. The number of Topliss-reactive ketones (excluding diaryl/α,β-unsaturated/α-hetero) is 1. The minimum atomic E-state index is -0.934. The highest BCUT2D eigenvalue weighted by Crippen LogP contribution is 2.44. The van der Waals surface area contributed by atoms with Crippen molar-refractivity contribution in [1.29, 1.82) is 5.26 Å². The van der Waals surface area contributed by atoms with Crippen LogP contribution >= 0.6 is 0 Å². The van der Waals surface area contributed by atoms with Crippen LogP contribution in [0, 0.1) is 17.1 Å². The number of phenols is 1. The van der Waals surface area contributed by atoms with Gasteiger partial charge in [-0.1, -0.05) is 18.2 Å². The van der Waals surface area contributed by atoms with E-state index in [-0.39, 0.29) is 46.0 Å². The van der Waals surface area contributed by atoms with E-state index in [4.69, 9.17) is 5.73 Å². The van der Waals surface area contributed by atoms with Crippen molar-refractivity contribution in [1.82, 2.24) is 10.4 Å². The summed E-state index contributed by atoms with van der Waals surface area (Å²) in [6.07, 6.45) is 1.24. The molecule has 0 spiro atoms. The Balaban J connectivity index is 1.82. The van der Waals surface area contributed by atoms with Gasteiger partial charge in [-0.25, -0.2) is 9.40 Å². The molecule has 1 aliphatic carbocycles. The quantitative estimate of drug-likeness (QED) is 0.705. The van der Waals surface area contributed by atoms with Crippen LogP contribution in [0.2, 0.25) is 0 Å². The van der Waals surface area contributed by atoms with Gasteiger partial charge in [0.25, 0.3) is 5.91 Å². The first kappa shape index (κ1) is 20.2. The SMILES string of the molecule is N#CC1=C(N)N(NC(=O)c2ccc(O)cc2)C2=C(C(=O)CCC2)C1c1ccccc1F. The average molecular weight is 418 g/mol. The van der Waals surface area contributed by atoms with Gasteiger partial charge in [0.15, 0.2) is 5.78 Å². The maximum absolute atomic E-state index is 14.6. The number of allylic oxidation sites excluding steroid dienone is 3. The molecule has 0 aromatic heterocycles. The van der Waals surface area contributed by atoms with Crippen molar-refractivity contribution in [2.45, 2.75) is 25.2 Å². The number of halogens is 1. The topological polar surface area (TPSA) is 119 Å². The van der Waals surface area contributed by atoms with E-state index in [9.17, 15) is 24.3 Å². The fourth-order valence-electron chi connectivity index (χ4n) is 4.01. The Labute approximate surface area is 177 Å². The number of carbonyl (C=O) groups is 2. The number of ketones is 1. The summed E-state index contributed by atoms with van der Waals surface area (Å²) in [6.45, 7) is 0. The van der Waals surface area contributed by atoms with Gasteiger partial charge in [-0.3, -0.25) is 15.0 Å². The number of nitrogens with two attached hydrogens (primary N) is 1. The van der Waals surface area contributed by atoms with E-state index in [1.807, 2.05) is 6.07 Å². The number of phenolic OH excluding ortho intramolecular Hbond substituents is 1. The molecule has 31 heavy (non-hydrogen) atoms. The van der Waals surface area contributed by atoms with Crippen LogP contribution in [-0.4, -0.2) is 21.8 Å². The molecule has 0 bridgehead atoms. The van der Waals surface area contributed by atoms with E-state index in [0.717, 1.165) is 0 Å². The molecule has 1 unspecified atom stereocenters. The zero-order chi connectivity index (χ0) is 22.1. The molecular weight excluding hydrogens is 399 g/mol. The van der Waals surface area contributed by atoms with Gasteiger partial charge in [0, 0.05) is 28.8 Å². The number of amides is 1. The number of carbonyl (C=O) groups excluding carboxylic acids is 2. The van der Waals surface area contributed by atoms with Gasteiger partial charge in [-0.2, -0.15) is 5.26 Å². The maximum Gasteiger partial charge on any atom is 0.270 e. The molecule has 2 aromatic carbocycles. The first-order valence-electron chi connectivity index (χ1n) is 9.73. The Kier molecular flexibility index (Phi) is 5.17. The largest absolute Gasteiger partial charge is 0.508 e. The van der Waals surface area contributed by atoms with Gasteiger partial charge in [0.2, 0.25) is 0 Å². The molecule has 4 rings (SSSR count). The number of nitrogens with zero attached hydrogens (tertiary/aromatic N) is 2. The van der Waals surface area contributed by atoms with Crippen LogP contribution in [0.5, 0.6) is 5.75 Å². The first-order chi connectivity index (χ1) is 14.9. The lowest BCUT2D eigenvalue weighted by Crippen LogP contribution is -2.48. The molecule has 0 fully saturated rings. The maximum atomic E-state index is 14.6. The van der Waals surface area contributed by atoms with Crippen LogP contribution in [0.25, 0.3) is 0 Å². The molecule has 1 heterocycles. The van der Waals surface area contributed by atoms with E-state index >= 15 is 0 Å². The summed E-state index contributed by atoms with van der Waals surface area (Å²) in [5, 5.41) is 20.5. The molecule has 0 radical (unpaired) electrons. The summed E-state index contributed by atoms with van der Waals surface area (Å²) in [5.41, 5.74) is 10.1. The predicted molar refractivity (Wildman–Crippen MR) is 109 cm³/mol. The zero-order valence-corrected chi connectivity index (χ0v) is 16.4. The molecule has 2 aromatic rings. The Hall–Kier alpha value is -4.12. The van der Waals surface area contributed by atoms with Gasteiger partial charge in [-0.15, -0.1) is 0 Å². The lowest BCUT2D eigenvalue weighted by molar-refractivity contribution is -0.116.